The van der Waals surface area contributed by atoms with Crippen molar-refractivity contribution in [1.82, 2.24) is 5.32 Å². The van der Waals surface area contributed by atoms with Gasteiger partial charge in [0.15, 0.2) is 0 Å². The highest BCUT2D eigenvalue weighted by molar-refractivity contribution is 6.10. The number of carbonyl (C=O) groups is 3. The molecule has 0 aromatic carbocycles. The van der Waals surface area contributed by atoms with Gasteiger partial charge in [-0.25, -0.2) is 9.59 Å². The molecule has 0 aromatic rings. The van der Waals surface area contributed by atoms with Crippen molar-refractivity contribution in [3.8, 4) is 0 Å². The number of hydrogen-bond donors (Lipinski definition) is 4. The van der Waals surface area contributed by atoms with E-state index in [1.54, 1.807) is 0 Å². The summed E-state index contributed by atoms with van der Waals surface area (Å²) in [6.07, 6.45) is 10.9. The molecule has 4 N–H and O–H groups in total. The Labute approximate surface area is 216 Å². The molecule has 5 rings (SSSR count). The fraction of sp³-hybridized carbons (Fsp3) is 0.667. The second kappa shape index (κ2) is 10.8. The van der Waals surface area contributed by atoms with Gasteiger partial charge in [0.05, 0.1) is 11.4 Å². The Balaban J connectivity index is 0.000000349. The Kier molecular flexibility index (Phi) is 7.87. The van der Waals surface area contributed by atoms with Crippen molar-refractivity contribution in [2.24, 2.45) is 38.9 Å². The van der Waals surface area contributed by atoms with E-state index >= 15 is 0 Å². The maximum absolute atomic E-state index is 12.6. The molecule has 0 bridgehead atoms. The van der Waals surface area contributed by atoms with Gasteiger partial charge in [-0.1, -0.05) is 24.2 Å². The molecule has 5 aliphatic rings. The Morgan fingerprint density at radius 1 is 1.05 bits per heavy atom. The summed E-state index contributed by atoms with van der Waals surface area (Å²) in [5.74, 6) is -0.652. The lowest BCUT2D eigenvalue weighted by Crippen LogP contribution is -2.53. The lowest BCUT2D eigenvalue weighted by molar-refractivity contribution is -0.134. The van der Waals surface area contributed by atoms with Crippen molar-refractivity contribution in [1.29, 1.82) is 0 Å². The van der Waals surface area contributed by atoms with Crippen molar-refractivity contribution in [2.45, 2.75) is 71.3 Å². The molecule has 10 heteroatoms. The quantitative estimate of drug-likeness (QED) is 0.252. The molecule has 0 unspecified atom stereocenters. The summed E-state index contributed by atoms with van der Waals surface area (Å²) in [6, 6.07) is 0. The second-order valence-corrected chi connectivity index (χ2v) is 11.3. The molecule has 6 atom stereocenters. The Morgan fingerprint density at radius 2 is 1.76 bits per heavy atom. The molecule has 0 amide bonds. The van der Waals surface area contributed by atoms with E-state index in [-0.39, 0.29) is 16.9 Å². The van der Waals surface area contributed by atoms with Crippen LogP contribution in [0.3, 0.4) is 0 Å². The van der Waals surface area contributed by atoms with Gasteiger partial charge in [0.2, 0.25) is 0 Å². The number of carboxylic acid groups (broad SMARTS) is 2. The molecule has 202 valence electrons. The number of rotatable bonds is 4. The summed E-state index contributed by atoms with van der Waals surface area (Å²) < 4.78 is 0. The van der Waals surface area contributed by atoms with Crippen molar-refractivity contribution in [2.75, 3.05) is 13.1 Å². The number of Topliss-reactive ketones (excluding diaryl/α,β-unsaturated/α-hetero) is 1. The SMILES string of the molecule is C[C@]12CCC(=NO[C@H]3CCNC3)C=C1/C(=N/O)C[C@@H]1[C@@H]2CC[C@]2(C)C(=O)CC[C@@H]12.O=C(O)/C=C/C(=O)O. The zero-order chi connectivity index (χ0) is 26.8. The van der Waals surface area contributed by atoms with E-state index in [1.807, 2.05) is 0 Å². The lowest BCUT2D eigenvalue weighted by Gasteiger charge is -2.56. The average Bonchev–Trinajstić information content (AvgIpc) is 3.49. The fourth-order valence-electron chi connectivity index (χ4n) is 7.36. The Hall–Kier alpha value is -3.01. The lowest BCUT2D eigenvalue weighted by atomic mass is 9.47. The molecule has 4 aliphatic carbocycles. The first kappa shape index (κ1) is 27.0. The van der Waals surface area contributed by atoms with Gasteiger partial charge in [-0.05, 0) is 79.9 Å². The minimum Gasteiger partial charge on any atom is -0.478 e. The van der Waals surface area contributed by atoms with E-state index in [0.717, 1.165) is 81.5 Å². The number of carboxylic acids is 2. The standard InChI is InChI=1S/C23H33N3O3.C4H4O4/c1-22-8-5-14(26-29-15-7-10-24-13-15)11-19(22)20(25-28)12-16-17-3-4-21(27)23(17,2)9-6-18(16)22;5-3(6)1-2-4(7)8/h11,15-18,24,28H,3-10,12-13H2,1-2H3;1-2H,(H,5,6)(H,7,8)/b25-20+,26-14?;2-1+/t15-,16-,17-,18-,22+,23-;/m0./s1. The summed E-state index contributed by atoms with van der Waals surface area (Å²) in [5, 5.41) is 37.0. The molecule has 1 heterocycles. The van der Waals surface area contributed by atoms with Crippen molar-refractivity contribution < 1.29 is 34.6 Å². The van der Waals surface area contributed by atoms with Crippen LogP contribution in [0, 0.1) is 28.6 Å². The minimum absolute atomic E-state index is 0.00855. The van der Waals surface area contributed by atoms with Gasteiger partial charge >= 0.3 is 11.9 Å². The first-order chi connectivity index (χ1) is 17.6. The molecule has 1 saturated heterocycles. The predicted octanol–water partition coefficient (Wildman–Crippen LogP) is 3.40. The third kappa shape index (κ3) is 5.35. The molecular formula is C27H37N3O7. The van der Waals surface area contributed by atoms with Crippen LogP contribution in [0.1, 0.15) is 65.2 Å². The van der Waals surface area contributed by atoms with Gasteiger partial charge < -0.3 is 25.6 Å². The number of aliphatic carboxylic acids is 2. The van der Waals surface area contributed by atoms with Gasteiger partial charge in [-0.2, -0.15) is 0 Å². The molecule has 10 nitrogen and oxygen atoms in total. The van der Waals surface area contributed by atoms with E-state index < -0.39 is 11.9 Å². The van der Waals surface area contributed by atoms with Crippen molar-refractivity contribution >= 4 is 29.1 Å². The van der Waals surface area contributed by atoms with Gasteiger partial charge in [-0.3, -0.25) is 4.79 Å². The van der Waals surface area contributed by atoms with Crippen LogP contribution in [0.25, 0.3) is 0 Å². The molecule has 0 spiro atoms. The van der Waals surface area contributed by atoms with Gasteiger partial charge in [0.1, 0.15) is 11.9 Å². The van der Waals surface area contributed by atoms with Crippen molar-refractivity contribution in [3.63, 3.8) is 0 Å². The molecule has 37 heavy (non-hydrogen) atoms. The summed E-state index contributed by atoms with van der Waals surface area (Å²) >= 11 is 0. The average molecular weight is 516 g/mol. The summed E-state index contributed by atoms with van der Waals surface area (Å²) in [6.45, 7) is 6.38. The van der Waals surface area contributed by atoms with E-state index in [1.165, 1.54) is 0 Å². The van der Waals surface area contributed by atoms with E-state index in [2.05, 4.69) is 35.6 Å². The predicted molar refractivity (Wildman–Crippen MR) is 136 cm³/mol. The number of nitrogens with zero attached hydrogens (tertiary/aromatic N) is 2. The van der Waals surface area contributed by atoms with Crippen LogP contribution in [0.2, 0.25) is 0 Å². The van der Waals surface area contributed by atoms with Crippen LogP contribution in [-0.2, 0) is 19.2 Å². The summed E-state index contributed by atoms with van der Waals surface area (Å²) in [5.41, 5.74) is 2.73. The van der Waals surface area contributed by atoms with E-state index in [0.29, 0.717) is 35.7 Å². The van der Waals surface area contributed by atoms with E-state index in [9.17, 15) is 19.6 Å². The highest BCUT2D eigenvalue weighted by atomic mass is 16.6. The normalized spacial score (nSPS) is 38.9. The number of fused-ring (bicyclic) bond motifs is 5. The number of nitrogens with one attached hydrogen (secondary N) is 1. The fourth-order valence-corrected chi connectivity index (χ4v) is 7.36. The largest absolute Gasteiger partial charge is 0.478 e. The first-order valence-corrected chi connectivity index (χ1v) is 13.1. The van der Waals surface area contributed by atoms with Crippen LogP contribution in [0.5, 0.6) is 0 Å². The maximum atomic E-state index is 12.6. The first-order valence-electron chi connectivity index (χ1n) is 13.1. The third-order valence-electron chi connectivity index (χ3n) is 9.35. The number of allylic oxidation sites excluding steroid dienone is 2. The minimum atomic E-state index is -1.26. The Morgan fingerprint density at radius 3 is 2.38 bits per heavy atom. The van der Waals surface area contributed by atoms with E-state index in [4.69, 9.17) is 15.1 Å². The molecule has 3 saturated carbocycles. The van der Waals surface area contributed by atoms with Crippen LogP contribution in [0.4, 0.5) is 0 Å². The van der Waals surface area contributed by atoms with Gasteiger partial charge in [0.25, 0.3) is 0 Å². The van der Waals surface area contributed by atoms with Crippen LogP contribution < -0.4 is 5.32 Å². The maximum Gasteiger partial charge on any atom is 0.328 e. The number of hydrogen-bond acceptors (Lipinski definition) is 8. The zero-order valence-corrected chi connectivity index (χ0v) is 21.5. The monoisotopic (exact) mass is 515 g/mol. The molecule has 0 aromatic heterocycles. The number of oxime groups is 2. The highest BCUT2D eigenvalue weighted by Gasteiger charge is 2.60. The molecule has 4 fully saturated rings. The Bertz CT molecular complexity index is 1040. The molecule has 0 radical (unpaired) electrons. The molecular weight excluding hydrogens is 478 g/mol. The van der Waals surface area contributed by atoms with Crippen LogP contribution in [0.15, 0.2) is 34.1 Å². The summed E-state index contributed by atoms with van der Waals surface area (Å²) in [7, 11) is 0. The molecule has 1 aliphatic heterocycles. The second-order valence-electron chi connectivity index (χ2n) is 11.3. The third-order valence-corrected chi connectivity index (χ3v) is 9.35. The number of ketones is 1. The van der Waals surface area contributed by atoms with Gasteiger partial charge in [0, 0.05) is 37.0 Å². The van der Waals surface area contributed by atoms with Crippen molar-refractivity contribution in [3.05, 3.63) is 23.8 Å². The number of carbonyl (C=O) groups excluding carboxylic acids is 1. The highest BCUT2D eigenvalue weighted by Crippen LogP contribution is 2.63. The van der Waals surface area contributed by atoms with Crippen LogP contribution in [-0.4, -0.2) is 63.8 Å². The summed E-state index contributed by atoms with van der Waals surface area (Å²) in [4.78, 5) is 37.5. The van der Waals surface area contributed by atoms with Gasteiger partial charge in [-0.15, -0.1) is 0 Å². The van der Waals surface area contributed by atoms with Crippen LogP contribution >= 0.6 is 0 Å². The smallest absolute Gasteiger partial charge is 0.328 e. The topological polar surface area (TPSA) is 158 Å². The zero-order valence-electron chi connectivity index (χ0n) is 21.5.